The topological polar surface area (TPSA) is 52.5 Å². The van der Waals surface area contributed by atoms with Gasteiger partial charge < -0.3 is 15.5 Å². The van der Waals surface area contributed by atoms with Crippen molar-refractivity contribution in [2.24, 2.45) is 0 Å². The van der Waals surface area contributed by atoms with Crippen LogP contribution in [0.5, 0.6) is 11.5 Å². The van der Waals surface area contributed by atoms with Crippen LogP contribution < -0.4 is 5.32 Å². The zero-order valence-corrected chi connectivity index (χ0v) is 8.03. The fourth-order valence-electron chi connectivity index (χ4n) is 1.99. The average molecular weight is 193 g/mol. The van der Waals surface area contributed by atoms with Gasteiger partial charge in [0.05, 0.1) is 0 Å². The predicted molar refractivity (Wildman–Crippen MR) is 54.6 cm³/mol. The third-order valence-corrected chi connectivity index (χ3v) is 2.75. The highest BCUT2D eigenvalue weighted by Crippen LogP contribution is 2.32. The Morgan fingerprint density at radius 2 is 2.14 bits per heavy atom. The van der Waals surface area contributed by atoms with Crippen molar-refractivity contribution in [1.82, 2.24) is 5.32 Å². The molecular weight excluding hydrogens is 178 g/mol. The van der Waals surface area contributed by atoms with Crippen LogP contribution in [0.4, 0.5) is 0 Å². The van der Waals surface area contributed by atoms with Gasteiger partial charge in [-0.2, -0.15) is 0 Å². The normalized spacial score (nSPS) is 22.1. The summed E-state index contributed by atoms with van der Waals surface area (Å²) < 4.78 is 0. The molecule has 3 nitrogen and oxygen atoms in total. The molecule has 0 aromatic heterocycles. The van der Waals surface area contributed by atoms with Crippen LogP contribution in [0.1, 0.15) is 24.3 Å². The largest absolute Gasteiger partial charge is 0.508 e. The quantitative estimate of drug-likeness (QED) is 0.634. The van der Waals surface area contributed by atoms with Gasteiger partial charge >= 0.3 is 0 Å². The molecular formula is C11H15NO2. The van der Waals surface area contributed by atoms with Crippen molar-refractivity contribution in [2.45, 2.75) is 18.8 Å². The first-order valence-electron chi connectivity index (χ1n) is 5.00. The number of phenolic OH excluding ortho intramolecular Hbond substituents is 2. The Morgan fingerprint density at radius 3 is 2.79 bits per heavy atom. The van der Waals surface area contributed by atoms with E-state index in [0.29, 0.717) is 5.92 Å². The summed E-state index contributed by atoms with van der Waals surface area (Å²) in [6.45, 7) is 1.98. The minimum Gasteiger partial charge on any atom is -0.508 e. The Hall–Kier alpha value is -1.22. The fourth-order valence-corrected chi connectivity index (χ4v) is 1.99. The Labute approximate surface area is 83.4 Å². The van der Waals surface area contributed by atoms with Crippen molar-refractivity contribution in [3.8, 4) is 11.5 Å². The van der Waals surface area contributed by atoms with Gasteiger partial charge in [-0.15, -0.1) is 0 Å². The number of rotatable bonds is 1. The summed E-state index contributed by atoms with van der Waals surface area (Å²) in [5, 5.41) is 22.1. The SMILES string of the molecule is Oc1ccc(C2CCCNC2)c(O)c1. The molecule has 14 heavy (non-hydrogen) atoms. The molecule has 1 heterocycles. The van der Waals surface area contributed by atoms with Gasteiger partial charge in [0, 0.05) is 18.5 Å². The van der Waals surface area contributed by atoms with Crippen LogP contribution in [0, 0.1) is 0 Å². The maximum absolute atomic E-state index is 9.66. The van der Waals surface area contributed by atoms with Crippen molar-refractivity contribution in [3.63, 3.8) is 0 Å². The Kier molecular flexibility index (Phi) is 2.59. The molecule has 1 atom stereocenters. The molecule has 3 N–H and O–H groups in total. The highest BCUT2D eigenvalue weighted by molar-refractivity contribution is 5.41. The third kappa shape index (κ3) is 1.82. The first-order valence-corrected chi connectivity index (χ1v) is 5.00. The first-order chi connectivity index (χ1) is 6.77. The van der Waals surface area contributed by atoms with E-state index in [-0.39, 0.29) is 11.5 Å². The molecule has 0 aliphatic carbocycles. The summed E-state index contributed by atoms with van der Waals surface area (Å²) in [6, 6.07) is 4.84. The zero-order chi connectivity index (χ0) is 9.97. The molecule has 0 spiro atoms. The first kappa shape index (κ1) is 9.34. The van der Waals surface area contributed by atoms with Crippen LogP contribution in [0.15, 0.2) is 18.2 Å². The number of aromatic hydroxyl groups is 2. The van der Waals surface area contributed by atoms with Gasteiger partial charge in [-0.3, -0.25) is 0 Å². The molecule has 76 valence electrons. The number of phenols is 2. The van der Waals surface area contributed by atoms with Gasteiger partial charge in [0.15, 0.2) is 0 Å². The van der Waals surface area contributed by atoms with Crippen LogP contribution in [-0.2, 0) is 0 Å². The van der Waals surface area contributed by atoms with Crippen LogP contribution in [0.2, 0.25) is 0 Å². The summed E-state index contributed by atoms with van der Waals surface area (Å²) in [4.78, 5) is 0. The third-order valence-electron chi connectivity index (χ3n) is 2.75. The van der Waals surface area contributed by atoms with Crippen LogP contribution >= 0.6 is 0 Å². The molecule has 0 amide bonds. The molecule has 1 aliphatic heterocycles. The molecule has 1 saturated heterocycles. The van der Waals surface area contributed by atoms with Gasteiger partial charge in [0.2, 0.25) is 0 Å². The van der Waals surface area contributed by atoms with Gasteiger partial charge in [-0.05, 0) is 31.0 Å². The minimum atomic E-state index is 0.120. The van der Waals surface area contributed by atoms with E-state index in [4.69, 9.17) is 5.11 Å². The lowest BCUT2D eigenvalue weighted by molar-refractivity contribution is 0.418. The van der Waals surface area contributed by atoms with Crippen LogP contribution in [-0.4, -0.2) is 23.3 Å². The van der Waals surface area contributed by atoms with Crippen molar-refractivity contribution in [2.75, 3.05) is 13.1 Å². The molecule has 3 heteroatoms. The summed E-state index contributed by atoms with van der Waals surface area (Å²) in [7, 11) is 0. The van der Waals surface area contributed by atoms with Gasteiger partial charge in [-0.1, -0.05) is 6.07 Å². The zero-order valence-electron chi connectivity index (χ0n) is 8.03. The molecule has 1 unspecified atom stereocenters. The maximum Gasteiger partial charge on any atom is 0.122 e. The van der Waals surface area contributed by atoms with Crippen molar-refractivity contribution in [1.29, 1.82) is 0 Å². The number of piperidine rings is 1. The van der Waals surface area contributed by atoms with E-state index in [9.17, 15) is 5.11 Å². The molecule has 1 aliphatic rings. The second kappa shape index (κ2) is 3.88. The van der Waals surface area contributed by atoms with E-state index >= 15 is 0 Å². The predicted octanol–water partition coefficient (Wildman–Crippen LogP) is 1.56. The van der Waals surface area contributed by atoms with Crippen LogP contribution in [0.25, 0.3) is 0 Å². The highest BCUT2D eigenvalue weighted by atomic mass is 16.3. The van der Waals surface area contributed by atoms with E-state index in [0.717, 1.165) is 31.5 Å². The lowest BCUT2D eigenvalue weighted by Crippen LogP contribution is -2.28. The van der Waals surface area contributed by atoms with E-state index in [1.807, 2.05) is 6.07 Å². The molecule has 0 bridgehead atoms. The Bertz CT molecular complexity index is 319. The second-order valence-electron chi connectivity index (χ2n) is 3.79. The standard InChI is InChI=1S/C11H15NO2/c13-9-3-4-10(11(14)6-9)8-2-1-5-12-7-8/h3-4,6,8,12-14H,1-2,5,7H2. The lowest BCUT2D eigenvalue weighted by atomic mass is 9.91. The number of nitrogens with one attached hydrogen (secondary N) is 1. The minimum absolute atomic E-state index is 0.120. The van der Waals surface area contributed by atoms with Crippen molar-refractivity contribution in [3.05, 3.63) is 23.8 Å². The smallest absolute Gasteiger partial charge is 0.122 e. The molecule has 1 fully saturated rings. The van der Waals surface area contributed by atoms with E-state index in [1.165, 1.54) is 6.07 Å². The average Bonchev–Trinajstić information content (AvgIpc) is 2.19. The van der Waals surface area contributed by atoms with E-state index in [2.05, 4.69) is 5.32 Å². The number of hydrogen-bond acceptors (Lipinski definition) is 3. The van der Waals surface area contributed by atoms with E-state index in [1.54, 1.807) is 6.07 Å². The monoisotopic (exact) mass is 193 g/mol. The van der Waals surface area contributed by atoms with Gasteiger partial charge in [0.25, 0.3) is 0 Å². The summed E-state index contributed by atoms with van der Waals surface area (Å²) >= 11 is 0. The van der Waals surface area contributed by atoms with E-state index < -0.39 is 0 Å². The van der Waals surface area contributed by atoms with Gasteiger partial charge in [0.1, 0.15) is 11.5 Å². The highest BCUT2D eigenvalue weighted by Gasteiger charge is 2.18. The molecule has 1 aromatic rings. The van der Waals surface area contributed by atoms with Crippen molar-refractivity contribution >= 4 is 0 Å². The summed E-state index contributed by atoms with van der Waals surface area (Å²) in [5.41, 5.74) is 0.940. The Morgan fingerprint density at radius 1 is 1.29 bits per heavy atom. The Balaban J connectivity index is 2.22. The van der Waals surface area contributed by atoms with Gasteiger partial charge in [-0.25, -0.2) is 0 Å². The van der Waals surface area contributed by atoms with Crippen LogP contribution in [0.3, 0.4) is 0 Å². The summed E-state index contributed by atoms with van der Waals surface area (Å²) in [5.74, 6) is 0.707. The molecule has 1 aromatic carbocycles. The van der Waals surface area contributed by atoms with Crippen molar-refractivity contribution < 1.29 is 10.2 Å². The fraction of sp³-hybridized carbons (Fsp3) is 0.455. The second-order valence-corrected chi connectivity index (χ2v) is 3.79. The maximum atomic E-state index is 9.66. The molecule has 0 radical (unpaired) electrons. The molecule has 2 rings (SSSR count). The molecule has 0 saturated carbocycles. The number of benzene rings is 1. The number of hydrogen-bond donors (Lipinski definition) is 3. The summed E-state index contributed by atoms with van der Waals surface area (Å²) in [6.07, 6.45) is 2.25. The lowest BCUT2D eigenvalue weighted by Gasteiger charge is -2.23.